The Morgan fingerprint density at radius 3 is 2.48 bits per heavy atom. The molecule has 0 aliphatic rings. The summed E-state index contributed by atoms with van der Waals surface area (Å²) in [5.74, 6) is -0.633. The van der Waals surface area contributed by atoms with E-state index in [9.17, 15) is 9.18 Å². The van der Waals surface area contributed by atoms with Crippen LogP contribution in [0.4, 0.5) is 4.39 Å². The van der Waals surface area contributed by atoms with E-state index in [1.165, 1.54) is 11.6 Å². The predicted octanol–water partition coefficient (Wildman–Crippen LogP) is 4.48. The molecule has 3 aromatic rings. The lowest BCUT2D eigenvalue weighted by Crippen LogP contribution is -2.34. The minimum Gasteiger partial charge on any atom is -0.448 e. The summed E-state index contributed by atoms with van der Waals surface area (Å²) >= 11 is 0. The van der Waals surface area contributed by atoms with Gasteiger partial charge in [0.05, 0.1) is 6.04 Å². The number of aryl methyl sites for hydroxylation is 2. The number of hydrogen-bond acceptors (Lipinski definition) is 3. The lowest BCUT2D eigenvalue weighted by molar-refractivity contribution is 0.0915. The summed E-state index contributed by atoms with van der Waals surface area (Å²) in [6.07, 6.45) is 0.992. The van der Waals surface area contributed by atoms with Crippen LogP contribution in [0.1, 0.15) is 40.2 Å². The fourth-order valence-electron chi connectivity index (χ4n) is 3.27. The molecule has 1 aromatic heterocycles. The number of amides is 1. The number of furan rings is 1. The number of likely N-dealkylation sites (N-methyl/N-ethyl adjacent to an activating group) is 1. The van der Waals surface area contributed by atoms with Crippen LogP contribution in [0, 0.1) is 12.7 Å². The van der Waals surface area contributed by atoms with E-state index < -0.39 is 5.82 Å². The van der Waals surface area contributed by atoms with Gasteiger partial charge < -0.3 is 14.6 Å². The van der Waals surface area contributed by atoms with Crippen molar-refractivity contribution >= 4 is 16.9 Å². The zero-order chi connectivity index (χ0) is 19.6. The lowest BCUT2D eigenvalue weighted by atomic mass is 10.0. The Hall–Kier alpha value is -2.66. The van der Waals surface area contributed by atoms with Crippen molar-refractivity contribution in [1.82, 2.24) is 10.2 Å². The fourth-order valence-corrected chi connectivity index (χ4v) is 3.27. The maximum atomic E-state index is 13.9. The highest BCUT2D eigenvalue weighted by molar-refractivity contribution is 5.99. The van der Waals surface area contributed by atoms with Crippen LogP contribution < -0.4 is 5.32 Å². The van der Waals surface area contributed by atoms with Gasteiger partial charge >= 0.3 is 0 Å². The van der Waals surface area contributed by atoms with Crippen molar-refractivity contribution in [2.75, 3.05) is 20.6 Å². The first-order valence-electron chi connectivity index (χ1n) is 9.13. The van der Waals surface area contributed by atoms with Gasteiger partial charge in [0.25, 0.3) is 5.91 Å². The predicted molar refractivity (Wildman–Crippen MR) is 105 cm³/mol. The first-order chi connectivity index (χ1) is 12.9. The van der Waals surface area contributed by atoms with Crippen LogP contribution in [0.2, 0.25) is 0 Å². The van der Waals surface area contributed by atoms with Crippen molar-refractivity contribution in [3.05, 3.63) is 70.7 Å². The zero-order valence-electron chi connectivity index (χ0n) is 16.2. The third kappa shape index (κ3) is 3.88. The number of carbonyl (C=O) groups excluding carboxylic acids is 1. The second-order valence-corrected chi connectivity index (χ2v) is 6.96. The molecule has 0 spiro atoms. The Morgan fingerprint density at radius 1 is 1.19 bits per heavy atom. The highest BCUT2D eigenvalue weighted by atomic mass is 19.1. The summed E-state index contributed by atoms with van der Waals surface area (Å²) in [7, 11) is 3.96. The first-order valence-corrected chi connectivity index (χ1v) is 9.13. The van der Waals surface area contributed by atoms with Gasteiger partial charge in [-0.25, -0.2) is 4.39 Å². The minimum atomic E-state index is -0.461. The second-order valence-electron chi connectivity index (χ2n) is 6.96. The molecule has 0 fully saturated rings. The molecule has 1 N–H and O–H groups in total. The Kier molecular flexibility index (Phi) is 5.61. The number of fused-ring (bicyclic) bond motifs is 1. The minimum absolute atomic E-state index is 0.0290. The topological polar surface area (TPSA) is 45.5 Å². The molecular weight excluding hydrogens is 343 g/mol. The van der Waals surface area contributed by atoms with Gasteiger partial charge in [0.15, 0.2) is 17.2 Å². The molecule has 27 heavy (non-hydrogen) atoms. The number of hydrogen-bond donors (Lipinski definition) is 1. The molecule has 0 saturated heterocycles. The van der Waals surface area contributed by atoms with Gasteiger partial charge in [-0.05, 0) is 44.6 Å². The Morgan fingerprint density at radius 2 is 1.89 bits per heavy atom. The average Bonchev–Trinajstić information content (AvgIpc) is 3.00. The van der Waals surface area contributed by atoms with E-state index in [-0.39, 0.29) is 23.3 Å². The normalized spacial score (nSPS) is 12.5. The van der Waals surface area contributed by atoms with Crippen molar-refractivity contribution in [1.29, 1.82) is 0 Å². The largest absolute Gasteiger partial charge is 0.448 e. The van der Waals surface area contributed by atoms with E-state index in [1.807, 2.05) is 14.1 Å². The highest BCUT2D eigenvalue weighted by Gasteiger charge is 2.21. The molecule has 0 saturated carbocycles. The number of para-hydroxylation sites is 1. The molecular formula is C22H25FN2O2. The number of rotatable bonds is 6. The van der Waals surface area contributed by atoms with Gasteiger partial charge in [0.2, 0.25) is 0 Å². The Labute approximate surface area is 159 Å². The van der Waals surface area contributed by atoms with Crippen molar-refractivity contribution < 1.29 is 13.6 Å². The van der Waals surface area contributed by atoms with E-state index in [0.29, 0.717) is 17.5 Å². The summed E-state index contributed by atoms with van der Waals surface area (Å²) in [5.41, 5.74) is 3.18. The monoisotopic (exact) mass is 368 g/mol. The summed E-state index contributed by atoms with van der Waals surface area (Å²) in [4.78, 5) is 14.7. The fraction of sp³-hybridized carbons (Fsp3) is 0.318. The van der Waals surface area contributed by atoms with Crippen molar-refractivity contribution in [2.45, 2.75) is 26.3 Å². The smallest absolute Gasteiger partial charge is 0.287 e. The van der Waals surface area contributed by atoms with E-state index in [0.717, 1.165) is 12.0 Å². The molecule has 0 bridgehead atoms. The molecule has 1 atom stereocenters. The van der Waals surface area contributed by atoms with Gasteiger partial charge in [-0.1, -0.05) is 43.3 Å². The maximum absolute atomic E-state index is 13.9. The molecule has 0 aliphatic heterocycles. The summed E-state index contributed by atoms with van der Waals surface area (Å²) in [6.45, 7) is 4.32. The highest BCUT2D eigenvalue weighted by Crippen LogP contribution is 2.27. The number of benzene rings is 2. The van der Waals surface area contributed by atoms with Gasteiger partial charge in [-0.3, -0.25) is 4.79 Å². The lowest BCUT2D eigenvalue weighted by Gasteiger charge is -2.25. The van der Waals surface area contributed by atoms with Crippen LogP contribution in [-0.2, 0) is 6.42 Å². The van der Waals surface area contributed by atoms with E-state index in [1.54, 1.807) is 19.1 Å². The molecule has 0 unspecified atom stereocenters. The summed E-state index contributed by atoms with van der Waals surface area (Å²) < 4.78 is 19.4. The maximum Gasteiger partial charge on any atom is 0.287 e. The second kappa shape index (κ2) is 7.92. The van der Waals surface area contributed by atoms with E-state index in [2.05, 4.69) is 41.4 Å². The molecule has 5 heteroatoms. The average molecular weight is 368 g/mol. The van der Waals surface area contributed by atoms with E-state index in [4.69, 9.17) is 4.42 Å². The van der Waals surface area contributed by atoms with Crippen LogP contribution in [-0.4, -0.2) is 31.4 Å². The first kappa shape index (κ1) is 19.1. The molecule has 4 nitrogen and oxygen atoms in total. The quantitative estimate of drug-likeness (QED) is 0.698. The van der Waals surface area contributed by atoms with Crippen LogP contribution >= 0.6 is 0 Å². The van der Waals surface area contributed by atoms with Gasteiger partial charge in [-0.15, -0.1) is 0 Å². The standard InChI is InChI=1S/C22H25FN2O2/c1-5-15-9-11-16(12-10-15)19(25(3)4)13-24-22(26)20-14(2)17-7-6-8-18(23)21(17)27-20/h6-12,19H,5,13H2,1-4H3,(H,24,26)/t19-/m1/s1. The SMILES string of the molecule is CCc1ccc([C@@H](CNC(=O)c2oc3c(F)cccc3c2C)N(C)C)cc1. The summed E-state index contributed by atoms with van der Waals surface area (Å²) in [5, 5.41) is 3.56. The third-order valence-electron chi connectivity index (χ3n) is 4.97. The zero-order valence-corrected chi connectivity index (χ0v) is 16.2. The molecule has 1 amide bonds. The molecule has 1 heterocycles. The van der Waals surface area contributed by atoms with Crippen molar-refractivity contribution in [2.24, 2.45) is 0 Å². The molecule has 142 valence electrons. The molecule has 2 aromatic carbocycles. The van der Waals surface area contributed by atoms with Gasteiger partial charge in [0.1, 0.15) is 0 Å². The molecule has 0 aliphatic carbocycles. The number of nitrogens with one attached hydrogen (secondary N) is 1. The van der Waals surface area contributed by atoms with Crippen molar-refractivity contribution in [3.63, 3.8) is 0 Å². The van der Waals surface area contributed by atoms with Crippen LogP contribution in [0.25, 0.3) is 11.0 Å². The molecule has 3 rings (SSSR count). The molecule has 0 radical (unpaired) electrons. The van der Waals surface area contributed by atoms with Crippen LogP contribution in [0.15, 0.2) is 46.9 Å². The number of carbonyl (C=O) groups is 1. The van der Waals surface area contributed by atoms with Crippen LogP contribution in [0.3, 0.4) is 0 Å². The van der Waals surface area contributed by atoms with E-state index >= 15 is 0 Å². The number of nitrogens with zero attached hydrogens (tertiary/aromatic N) is 1. The third-order valence-corrected chi connectivity index (χ3v) is 4.97. The number of halogens is 1. The van der Waals surface area contributed by atoms with Crippen molar-refractivity contribution in [3.8, 4) is 0 Å². The van der Waals surface area contributed by atoms with Crippen LogP contribution in [0.5, 0.6) is 0 Å². The van der Waals surface area contributed by atoms with Gasteiger partial charge in [0, 0.05) is 17.5 Å². The Balaban J connectivity index is 1.78. The Bertz CT molecular complexity index is 945. The summed E-state index contributed by atoms with van der Waals surface area (Å²) in [6, 6.07) is 13.1. The van der Waals surface area contributed by atoms with Gasteiger partial charge in [-0.2, -0.15) is 0 Å².